The van der Waals surface area contributed by atoms with Gasteiger partial charge in [-0.2, -0.15) is 0 Å². The van der Waals surface area contributed by atoms with Crippen LogP contribution in [0.5, 0.6) is 5.75 Å². The van der Waals surface area contributed by atoms with E-state index in [1.807, 2.05) is 54.3 Å². The van der Waals surface area contributed by atoms with Crippen LogP contribution in [-0.2, 0) is 11.3 Å². The molecular weight excluding hydrogens is 286 g/mol. The second-order valence-electron chi connectivity index (χ2n) is 5.85. The summed E-state index contributed by atoms with van der Waals surface area (Å²) in [5.41, 5.74) is 1.88. The predicted molar refractivity (Wildman–Crippen MR) is 93.0 cm³/mol. The zero-order valence-corrected chi connectivity index (χ0v) is 13.9. The summed E-state index contributed by atoms with van der Waals surface area (Å²) in [6.45, 7) is 4.61. The van der Waals surface area contributed by atoms with E-state index in [4.69, 9.17) is 0 Å². The maximum Gasteiger partial charge on any atom is 0.223 e. The van der Waals surface area contributed by atoms with Crippen LogP contribution in [0.15, 0.2) is 54.6 Å². The fraction of sp³-hybridized carbons (Fsp3) is 0.350. The number of para-hydroxylation sites is 1. The molecule has 23 heavy (non-hydrogen) atoms. The minimum atomic E-state index is -0.166. The van der Waals surface area contributed by atoms with Gasteiger partial charge in [-0.1, -0.05) is 61.9 Å². The largest absolute Gasteiger partial charge is 0.508 e. The molecule has 3 heteroatoms. The average Bonchev–Trinajstić information content (AvgIpc) is 2.58. The molecule has 3 nitrogen and oxygen atoms in total. The van der Waals surface area contributed by atoms with Gasteiger partial charge in [0.25, 0.3) is 0 Å². The van der Waals surface area contributed by atoms with Crippen molar-refractivity contribution >= 4 is 5.91 Å². The molecule has 0 aliphatic heterocycles. The number of benzene rings is 2. The SMILES string of the molecule is CCCCC(=O)N(Cc1ccccc1)C(C)c1ccccc1O. The molecule has 0 aliphatic carbocycles. The van der Waals surface area contributed by atoms with Crippen molar-refractivity contribution in [2.75, 3.05) is 0 Å². The van der Waals surface area contributed by atoms with Crippen molar-refractivity contribution in [2.45, 2.75) is 45.7 Å². The van der Waals surface area contributed by atoms with Crippen molar-refractivity contribution in [3.05, 3.63) is 65.7 Å². The molecule has 0 saturated heterocycles. The summed E-state index contributed by atoms with van der Waals surface area (Å²) in [6.07, 6.45) is 2.43. The Balaban J connectivity index is 2.25. The summed E-state index contributed by atoms with van der Waals surface area (Å²) in [4.78, 5) is 14.5. The number of aromatic hydroxyl groups is 1. The highest BCUT2D eigenvalue weighted by atomic mass is 16.3. The monoisotopic (exact) mass is 311 g/mol. The minimum Gasteiger partial charge on any atom is -0.508 e. The Morgan fingerprint density at radius 2 is 1.74 bits per heavy atom. The van der Waals surface area contributed by atoms with Gasteiger partial charge in [0.05, 0.1) is 6.04 Å². The van der Waals surface area contributed by atoms with Crippen molar-refractivity contribution in [3.63, 3.8) is 0 Å². The number of hydrogen-bond acceptors (Lipinski definition) is 2. The highest BCUT2D eigenvalue weighted by Crippen LogP contribution is 2.30. The fourth-order valence-corrected chi connectivity index (χ4v) is 2.70. The van der Waals surface area contributed by atoms with Crippen LogP contribution in [0.2, 0.25) is 0 Å². The van der Waals surface area contributed by atoms with Crippen molar-refractivity contribution in [1.29, 1.82) is 0 Å². The summed E-state index contributed by atoms with van der Waals surface area (Å²) in [5.74, 6) is 0.368. The number of carbonyl (C=O) groups is 1. The summed E-state index contributed by atoms with van der Waals surface area (Å²) in [5, 5.41) is 10.1. The Morgan fingerprint density at radius 3 is 2.39 bits per heavy atom. The third kappa shape index (κ3) is 4.59. The standard InChI is InChI=1S/C20H25NO2/c1-3-4-14-20(23)21(15-17-10-6-5-7-11-17)16(2)18-12-8-9-13-19(18)22/h5-13,16,22H,3-4,14-15H2,1-2H3. The van der Waals surface area contributed by atoms with Crippen molar-refractivity contribution in [2.24, 2.45) is 0 Å². The molecule has 2 aromatic rings. The number of rotatable bonds is 7. The van der Waals surface area contributed by atoms with Gasteiger partial charge in [0.1, 0.15) is 5.75 Å². The van der Waals surface area contributed by atoms with E-state index in [0.717, 1.165) is 24.0 Å². The Hall–Kier alpha value is -2.29. The van der Waals surface area contributed by atoms with Crippen LogP contribution >= 0.6 is 0 Å². The molecule has 0 radical (unpaired) electrons. The summed E-state index contributed by atoms with van der Waals surface area (Å²) >= 11 is 0. The second kappa shape index (κ2) is 8.37. The number of phenolic OH excluding ortho intramolecular Hbond substituents is 1. The zero-order valence-electron chi connectivity index (χ0n) is 13.9. The third-order valence-corrected chi connectivity index (χ3v) is 4.11. The maximum absolute atomic E-state index is 12.7. The average molecular weight is 311 g/mol. The van der Waals surface area contributed by atoms with Gasteiger partial charge in [-0.3, -0.25) is 4.79 Å². The van der Waals surface area contributed by atoms with Crippen LogP contribution in [0.1, 0.15) is 50.3 Å². The minimum absolute atomic E-state index is 0.131. The van der Waals surface area contributed by atoms with Crippen LogP contribution in [-0.4, -0.2) is 15.9 Å². The van der Waals surface area contributed by atoms with Gasteiger partial charge in [0.15, 0.2) is 0 Å². The first-order valence-electron chi connectivity index (χ1n) is 8.24. The molecule has 1 atom stereocenters. The highest BCUT2D eigenvalue weighted by molar-refractivity contribution is 5.76. The number of nitrogens with zero attached hydrogens (tertiary/aromatic N) is 1. The molecule has 0 saturated carbocycles. The molecule has 0 bridgehead atoms. The Bertz CT molecular complexity index is 625. The number of hydrogen-bond donors (Lipinski definition) is 1. The van der Waals surface area contributed by atoms with Crippen LogP contribution in [0.25, 0.3) is 0 Å². The van der Waals surface area contributed by atoms with E-state index >= 15 is 0 Å². The molecule has 0 spiro atoms. The Labute approximate surface area is 138 Å². The molecule has 2 rings (SSSR count). The molecule has 1 unspecified atom stereocenters. The van der Waals surface area contributed by atoms with Crippen molar-refractivity contribution in [3.8, 4) is 5.75 Å². The van der Waals surface area contributed by atoms with E-state index in [1.165, 1.54) is 0 Å². The fourth-order valence-electron chi connectivity index (χ4n) is 2.70. The van der Waals surface area contributed by atoms with E-state index in [9.17, 15) is 9.90 Å². The molecule has 0 heterocycles. The molecule has 2 aromatic carbocycles. The van der Waals surface area contributed by atoms with Crippen LogP contribution in [0.3, 0.4) is 0 Å². The first-order chi connectivity index (χ1) is 11.1. The molecule has 1 N–H and O–H groups in total. The number of carbonyl (C=O) groups excluding carboxylic acids is 1. The quantitative estimate of drug-likeness (QED) is 0.807. The lowest BCUT2D eigenvalue weighted by Gasteiger charge is -2.30. The molecule has 0 fully saturated rings. The molecular formula is C20H25NO2. The Kier molecular flexibility index (Phi) is 6.21. The normalized spacial score (nSPS) is 11.9. The molecule has 122 valence electrons. The number of phenols is 1. The van der Waals surface area contributed by atoms with E-state index < -0.39 is 0 Å². The zero-order chi connectivity index (χ0) is 16.7. The second-order valence-corrected chi connectivity index (χ2v) is 5.85. The Morgan fingerprint density at radius 1 is 1.09 bits per heavy atom. The first kappa shape index (κ1) is 17.1. The van der Waals surface area contributed by atoms with Gasteiger partial charge in [0, 0.05) is 18.5 Å². The predicted octanol–water partition coefficient (Wildman–Crippen LogP) is 4.67. The first-order valence-corrected chi connectivity index (χ1v) is 8.24. The van der Waals surface area contributed by atoms with E-state index in [-0.39, 0.29) is 17.7 Å². The van der Waals surface area contributed by atoms with Gasteiger partial charge < -0.3 is 10.0 Å². The lowest BCUT2D eigenvalue weighted by molar-refractivity contribution is -0.134. The van der Waals surface area contributed by atoms with Crippen LogP contribution in [0, 0.1) is 0 Å². The molecule has 0 aromatic heterocycles. The van der Waals surface area contributed by atoms with Gasteiger partial charge in [-0.25, -0.2) is 0 Å². The maximum atomic E-state index is 12.7. The van der Waals surface area contributed by atoms with E-state index in [2.05, 4.69) is 6.92 Å². The van der Waals surface area contributed by atoms with Gasteiger partial charge in [0.2, 0.25) is 5.91 Å². The lowest BCUT2D eigenvalue weighted by Crippen LogP contribution is -2.33. The van der Waals surface area contributed by atoms with Crippen LogP contribution < -0.4 is 0 Å². The third-order valence-electron chi connectivity index (χ3n) is 4.11. The topological polar surface area (TPSA) is 40.5 Å². The van der Waals surface area contributed by atoms with Gasteiger partial charge in [-0.05, 0) is 25.0 Å². The van der Waals surface area contributed by atoms with Gasteiger partial charge >= 0.3 is 0 Å². The van der Waals surface area contributed by atoms with Crippen molar-refractivity contribution < 1.29 is 9.90 Å². The van der Waals surface area contributed by atoms with Crippen LogP contribution in [0.4, 0.5) is 0 Å². The number of amides is 1. The summed E-state index contributed by atoms with van der Waals surface area (Å²) < 4.78 is 0. The lowest BCUT2D eigenvalue weighted by atomic mass is 10.0. The van der Waals surface area contributed by atoms with E-state index in [1.54, 1.807) is 12.1 Å². The summed E-state index contributed by atoms with van der Waals surface area (Å²) in [7, 11) is 0. The molecule has 0 aliphatic rings. The molecule has 1 amide bonds. The highest BCUT2D eigenvalue weighted by Gasteiger charge is 2.23. The summed E-state index contributed by atoms with van der Waals surface area (Å²) in [6, 6.07) is 17.1. The van der Waals surface area contributed by atoms with Crippen molar-refractivity contribution in [1.82, 2.24) is 4.90 Å². The smallest absolute Gasteiger partial charge is 0.223 e. The van der Waals surface area contributed by atoms with E-state index in [0.29, 0.717) is 13.0 Å². The van der Waals surface area contributed by atoms with Gasteiger partial charge in [-0.15, -0.1) is 0 Å². The number of unbranched alkanes of at least 4 members (excludes halogenated alkanes) is 1.